The highest BCUT2D eigenvalue weighted by Gasteiger charge is 2.35. The van der Waals surface area contributed by atoms with E-state index in [-0.39, 0.29) is 11.9 Å². The summed E-state index contributed by atoms with van der Waals surface area (Å²) >= 11 is 0. The molecule has 0 spiro atoms. The molecular formula is C27H33N3O4. The van der Waals surface area contributed by atoms with Gasteiger partial charge in [0.05, 0.1) is 18.7 Å². The van der Waals surface area contributed by atoms with Crippen LogP contribution in [0, 0.1) is 0 Å². The van der Waals surface area contributed by atoms with E-state index in [2.05, 4.69) is 17.6 Å². The Morgan fingerprint density at radius 3 is 2.29 bits per heavy atom. The third-order valence-corrected chi connectivity index (χ3v) is 5.99. The number of nitrogens with zero attached hydrogens (tertiary/aromatic N) is 1. The van der Waals surface area contributed by atoms with Crippen molar-refractivity contribution in [2.24, 2.45) is 0 Å². The number of aryl methyl sites for hydroxylation is 1. The van der Waals surface area contributed by atoms with Crippen LogP contribution in [-0.4, -0.2) is 36.5 Å². The van der Waals surface area contributed by atoms with Gasteiger partial charge in [0, 0.05) is 23.5 Å². The lowest BCUT2D eigenvalue weighted by Gasteiger charge is -2.35. The van der Waals surface area contributed by atoms with Crippen LogP contribution in [0.4, 0.5) is 10.5 Å². The van der Waals surface area contributed by atoms with Gasteiger partial charge in [-0.05, 0) is 61.6 Å². The van der Waals surface area contributed by atoms with Gasteiger partial charge in [0.15, 0.2) is 0 Å². The van der Waals surface area contributed by atoms with E-state index in [1.807, 2.05) is 31.2 Å². The number of carbonyl (C=O) groups is 3. The van der Waals surface area contributed by atoms with Gasteiger partial charge >= 0.3 is 12.0 Å². The third-order valence-electron chi connectivity index (χ3n) is 5.99. The van der Waals surface area contributed by atoms with Crippen molar-refractivity contribution in [2.75, 3.05) is 19.0 Å². The fourth-order valence-corrected chi connectivity index (χ4v) is 4.06. The molecule has 1 atom stereocenters. The molecule has 180 valence electrons. The quantitative estimate of drug-likeness (QED) is 0.500. The summed E-state index contributed by atoms with van der Waals surface area (Å²) in [4.78, 5) is 39.4. The molecule has 3 rings (SSSR count). The highest BCUT2D eigenvalue weighted by Crippen LogP contribution is 2.32. The van der Waals surface area contributed by atoms with Crippen LogP contribution in [-0.2, 0) is 16.0 Å². The number of urea groups is 1. The SMILES string of the molecule is CCCCc1ccc(C(=O)Nc2ccc(C3NC(=O)N(CCC)C(C)=C3C(=O)OC)cc2)cc1. The van der Waals surface area contributed by atoms with Crippen LogP contribution in [0.2, 0.25) is 0 Å². The Balaban J connectivity index is 1.77. The molecule has 3 amide bonds. The Labute approximate surface area is 201 Å². The van der Waals surface area contributed by atoms with Gasteiger partial charge in [-0.3, -0.25) is 9.69 Å². The average Bonchev–Trinajstić information content (AvgIpc) is 2.85. The number of rotatable bonds is 9. The molecule has 1 heterocycles. The van der Waals surface area contributed by atoms with E-state index in [4.69, 9.17) is 4.74 Å². The topological polar surface area (TPSA) is 87.7 Å². The first-order valence-corrected chi connectivity index (χ1v) is 11.8. The van der Waals surface area contributed by atoms with Crippen LogP contribution >= 0.6 is 0 Å². The largest absolute Gasteiger partial charge is 0.466 e. The number of ether oxygens (including phenoxy) is 1. The predicted octanol–water partition coefficient (Wildman–Crippen LogP) is 5.20. The van der Waals surface area contributed by atoms with Crippen molar-refractivity contribution in [2.45, 2.75) is 52.5 Å². The number of anilines is 1. The molecule has 34 heavy (non-hydrogen) atoms. The number of amides is 3. The standard InChI is InChI=1S/C27H33N3O4/c1-5-7-8-19-9-11-21(12-10-19)25(31)28-22-15-13-20(14-16-22)24-23(26(32)34-4)18(3)30(17-6-2)27(33)29-24/h9-16,24H,5-8,17H2,1-4H3,(H,28,31)(H,29,33). The first-order chi connectivity index (χ1) is 16.4. The van der Waals surface area contributed by atoms with Crippen LogP contribution in [0.3, 0.4) is 0 Å². The van der Waals surface area contributed by atoms with E-state index in [0.717, 1.165) is 31.2 Å². The normalized spacial score (nSPS) is 15.7. The van der Waals surface area contributed by atoms with Crippen molar-refractivity contribution in [1.29, 1.82) is 0 Å². The molecule has 0 aromatic heterocycles. The Bertz CT molecular complexity index is 1060. The lowest BCUT2D eigenvalue weighted by molar-refractivity contribution is -0.136. The molecule has 0 bridgehead atoms. The fraction of sp³-hybridized carbons (Fsp3) is 0.370. The van der Waals surface area contributed by atoms with Crippen LogP contribution in [0.1, 0.15) is 67.6 Å². The molecule has 7 nitrogen and oxygen atoms in total. The molecule has 0 radical (unpaired) electrons. The third kappa shape index (κ3) is 5.65. The zero-order valence-electron chi connectivity index (χ0n) is 20.3. The van der Waals surface area contributed by atoms with Crippen molar-refractivity contribution in [1.82, 2.24) is 10.2 Å². The number of esters is 1. The molecular weight excluding hydrogens is 430 g/mol. The molecule has 1 unspecified atom stereocenters. The maximum Gasteiger partial charge on any atom is 0.337 e. The molecule has 0 fully saturated rings. The number of hydrogen-bond acceptors (Lipinski definition) is 4. The summed E-state index contributed by atoms with van der Waals surface area (Å²) < 4.78 is 5.00. The summed E-state index contributed by atoms with van der Waals surface area (Å²) in [5, 5.41) is 5.81. The Hall–Kier alpha value is -3.61. The van der Waals surface area contributed by atoms with E-state index >= 15 is 0 Å². The molecule has 2 aromatic rings. The number of nitrogens with one attached hydrogen (secondary N) is 2. The molecule has 2 N–H and O–H groups in total. The minimum Gasteiger partial charge on any atom is -0.466 e. The van der Waals surface area contributed by atoms with Gasteiger partial charge in [0.1, 0.15) is 0 Å². The minimum absolute atomic E-state index is 0.193. The first-order valence-electron chi connectivity index (χ1n) is 11.8. The maximum atomic E-state index is 12.7. The minimum atomic E-state index is -0.631. The first kappa shape index (κ1) is 25.0. The number of benzene rings is 2. The van der Waals surface area contributed by atoms with E-state index < -0.39 is 12.0 Å². The Morgan fingerprint density at radius 2 is 1.71 bits per heavy atom. The van der Waals surface area contributed by atoms with Crippen molar-refractivity contribution in [3.8, 4) is 0 Å². The van der Waals surface area contributed by atoms with Crippen LogP contribution in [0.25, 0.3) is 0 Å². The van der Waals surface area contributed by atoms with E-state index in [1.54, 1.807) is 36.1 Å². The monoisotopic (exact) mass is 463 g/mol. The van der Waals surface area contributed by atoms with Crippen LogP contribution < -0.4 is 10.6 Å². The van der Waals surface area contributed by atoms with Crippen molar-refractivity contribution >= 4 is 23.6 Å². The molecule has 1 aliphatic rings. The van der Waals surface area contributed by atoms with Gasteiger partial charge in [-0.15, -0.1) is 0 Å². The van der Waals surface area contributed by atoms with Gasteiger partial charge in [-0.25, -0.2) is 9.59 Å². The van der Waals surface area contributed by atoms with Gasteiger partial charge in [0.2, 0.25) is 0 Å². The molecule has 0 saturated carbocycles. The Morgan fingerprint density at radius 1 is 1.03 bits per heavy atom. The molecule has 1 aliphatic heterocycles. The smallest absolute Gasteiger partial charge is 0.337 e. The summed E-state index contributed by atoms with van der Waals surface area (Å²) in [5.41, 5.74) is 4.14. The molecule has 2 aromatic carbocycles. The zero-order valence-corrected chi connectivity index (χ0v) is 20.3. The summed E-state index contributed by atoms with van der Waals surface area (Å²) in [7, 11) is 1.33. The summed E-state index contributed by atoms with van der Waals surface area (Å²) in [6.45, 7) is 6.40. The summed E-state index contributed by atoms with van der Waals surface area (Å²) in [5.74, 6) is -0.676. The van der Waals surface area contributed by atoms with Crippen LogP contribution in [0.15, 0.2) is 59.8 Å². The second kappa shape index (κ2) is 11.5. The van der Waals surface area contributed by atoms with Crippen LogP contribution in [0.5, 0.6) is 0 Å². The summed E-state index contributed by atoms with van der Waals surface area (Å²) in [6.07, 6.45) is 4.04. The van der Waals surface area contributed by atoms with Crippen molar-refractivity contribution in [3.63, 3.8) is 0 Å². The molecule has 7 heteroatoms. The van der Waals surface area contributed by atoms with Crippen molar-refractivity contribution < 1.29 is 19.1 Å². The number of hydrogen-bond donors (Lipinski definition) is 2. The van der Waals surface area contributed by atoms with Gasteiger partial charge in [-0.1, -0.05) is 44.5 Å². The average molecular weight is 464 g/mol. The summed E-state index contributed by atoms with van der Waals surface area (Å²) in [6, 6.07) is 13.9. The van der Waals surface area contributed by atoms with Gasteiger partial charge in [-0.2, -0.15) is 0 Å². The van der Waals surface area contributed by atoms with Crippen molar-refractivity contribution in [3.05, 3.63) is 76.5 Å². The van der Waals surface area contributed by atoms with E-state index in [0.29, 0.717) is 29.1 Å². The number of methoxy groups -OCH3 is 1. The zero-order chi connectivity index (χ0) is 24.7. The fourth-order valence-electron chi connectivity index (χ4n) is 4.06. The second-order valence-electron chi connectivity index (χ2n) is 8.40. The lowest BCUT2D eigenvalue weighted by Crippen LogP contribution is -2.48. The van der Waals surface area contributed by atoms with E-state index in [1.165, 1.54) is 12.7 Å². The number of unbranched alkanes of at least 4 members (excludes halogenated alkanes) is 1. The number of carbonyl (C=O) groups excluding carboxylic acids is 3. The number of allylic oxidation sites excluding steroid dienone is 1. The molecule has 0 aliphatic carbocycles. The highest BCUT2D eigenvalue weighted by molar-refractivity contribution is 6.04. The van der Waals surface area contributed by atoms with Gasteiger partial charge < -0.3 is 15.4 Å². The van der Waals surface area contributed by atoms with E-state index in [9.17, 15) is 14.4 Å². The molecule has 0 saturated heterocycles. The highest BCUT2D eigenvalue weighted by atomic mass is 16.5. The maximum absolute atomic E-state index is 12.7. The predicted molar refractivity (Wildman–Crippen MR) is 132 cm³/mol. The second-order valence-corrected chi connectivity index (χ2v) is 8.40. The van der Waals surface area contributed by atoms with Gasteiger partial charge in [0.25, 0.3) is 5.91 Å². The lowest BCUT2D eigenvalue weighted by atomic mass is 9.94. The Kier molecular flexibility index (Phi) is 8.46.